The molecule has 1 heterocycles. The van der Waals surface area contributed by atoms with Crippen LogP contribution in [0.5, 0.6) is 0 Å². The standard InChI is InChI=1S/C13H22F3N3O/c14-13(15,16)9-19-5-2-10(7-19)6-18-11(20)12(8-17)3-1-4-12/h10H,1-9,17H2,(H,18,20). The van der Waals surface area contributed by atoms with E-state index in [-0.39, 0.29) is 11.8 Å². The molecular formula is C13H22F3N3O. The van der Waals surface area contributed by atoms with Crippen molar-refractivity contribution in [3.63, 3.8) is 0 Å². The molecule has 20 heavy (non-hydrogen) atoms. The second-order valence-electron chi connectivity index (χ2n) is 6.05. The molecular weight excluding hydrogens is 271 g/mol. The van der Waals surface area contributed by atoms with Crippen LogP contribution in [0.25, 0.3) is 0 Å². The van der Waals surface area contributed by atoms with Crippen molar-refractivity contribution in [3.8, 4) is 0 Å². The zero-order valence-corrected chi connectivity index (χ0v) is 11.5. The highest BCUT2D eigenvalue weighted by atomic mass is 19.4. The van der Waals surface area contributed by atoms with Crippen molar-refractivity contribution in [1.29, 1.82) is 0 Å². The van der Waals surface area contributed by atoms with Crippen molar-refractivity contribution in [3.05, 3.63) is 0 Å². The van der Waals surface area contributed by atoms with E-state index in [1.54, 1.807) is 0 Å². The van der Waals surface area contributed by atoms with E-state index >= 15 is 0 Å². The van der Waals surface area contributed by atoms with Gasteiger partial charge in [0.2, 0.25) is 5.91 Å². The van der Waals surface area contributed by atoms with Gasteiger partial charge in [0.05, 0.1) is 12.0 Å². The maximum atomic E-state index is 12.3. The summed E-state index contributed by atoms with van der Waals surface area (Å²) in [6.07, 6.45) is -0.784. The van der Waals surface area contributed by atoms with Crippen LogP contribution in [0, 0.1) is 11.3 Å². The summed E-state index contributed by atoms with van der Waals surface area (Å²) >= 11 is 0. The lowest BCUT2D eigenvalue weighted by Crippen LogP contribution is -2.51. The van der Waals surface area contributed by atoms with Crippen LogP contribution in [-0.4, -0.2) is 49.7 Å². The first-order valence-electron chi connectivity index (χ1n) is 7.12. The van der Waals surface area contributed by atoms with Crippen LogP contribution in [0.3, 0.4) is 0 Å². The normalized spacial score (nSPS) is 26.3. The van der Waals surface area contributed by atoms with Crippen molar-refractivity contribution in [2.45, 2.75) is 31.9 Å². The van der Waals surface area contributed by atoms with Crippen molar-refractivity contribution in [1.82, 2.24) is 10.2 Å². The number of amides is 1. The van der Waals surface area contributed by atoms with Crippen LogP contribution in [-0.2, 0) is 4.79 Å². The third-order valence-electron chi connectivity index (χ3n) is 4.51. The van der Waals surface area contributed by atoms with E-state index in [0.717, 1.165) is 19.3 Å². The molecule has 1 unspecified atom stereocenters. The largest absolute Gasteiger partial charge is 0.401 e. The van der Waals surface area contributed by atoms with Gasteiger partial charge in [0.25, 0.3) is 0 Å². The Hall–Kier alpha value is -0.820. The van der Waals surface area contributed by atoms with E-state index in [4.69, 9.17) is 5.73 Å². The molecule has 2 fully saturated rings. The van der Waals surface area contributed by atoms with Crippen LogP contribution < -0.4 is 11.1 Å². The van der Waals surface area contributed by atoms with Crippen LogP contribution in [0.2, 0.25) is 0 Å². The highest BCUT2D eigenvalue weighted by Gasteiger charge is 2.43. The molecule has 0 aromatic carbocycles. The van der Waals surface area contributed by atoms with Gasteiger partial charge in [-0.1, -0.05) is 6.42 Å². The van der Waals surface area contributed by atoms with Gasteiger partial charge in [-0.05, 0) is 31.7 Å². The van der Waals surface area contributed by atoms with Crippen molar-refractivity contribution >= 4 is 5.91 Å². The molecule has 1 aliphatic heterocycles. The molecule has 3 N–H and O–H groups in total. The van der Waals surface area contributed by atoms with Gasteiger partial charge < -0.3 is 11.1 Å². The summed E-state index contributed by atoms with van der Waals surface area (Å²) in [4.78, 5) is 13.5. The quantitative estimate of drug-likeness (QED) is 0.798. The first kappa shape index (κ1) is 15.6. The first-order chi connectivity index (χ1) is 9.35. The molecule has 0 spiro atoms. The molecule has 1 aliphatic carbocycles. The lowest BCUT2D eigenvalue weighted by atomic mass is 9.68. The SMILES string of the molecule is NCC1(C(=O)NCC2CCN(CC(F)(F)F)C2)CCC1. The molecule has 1 saturated heterocycles. The van der Waals surface area contributed by atoms with Crippen LogP contribution in [0.1, 0.15) is 25.7 Å². The van der Waals surface area contributed by atoms with Crippen LogP contribution >= 0.6 is 0 Å². The Bertz CT molecular complexity index is 350. The van der Waals surface area contributed by atoms with E-state index in [1.165, 1.54) is 4.90 Å². The highest BCUT2D eigenvalue weighted by molar-refractivity contribution is 5.83. The zero-order chi connectivity index (χ0) is 14.8. The molecule has 1 saturated carbocycles. The summed E-state index contributed by atoms with van der Waals surface area (Å²) < 4.78 is 36.8. The lowest BCUT2D eigenvalue weighted by Gasteiger charge is -2.39. The number of halogens is 3. The number of likely N-dealkylation sites (tertiary alicyclic amines) is 1. The molecule has 0 radical (unpaired) electrons. The molecule has 7 heteroatoms. The van der Waals surface area contributed by atoms with E-state index in [9.17, 15) is 18.0 Å². The number of hydrogen-bond acceptors (Lipinski definition) is 3. The Labute approximate surface area is 116 Å². The Morgan fingerprint density at radius 2 is 2.10 bits per heavy atom. The van der Waals surface area contributed by atoms with Crippen LogP contribution in [0.4, 0.5) is 13.2 Å². The van der Waals surface area contributed by atoms with Gasteiger partial charge in [0.15, 0.2) is 0 Å². The molecule has 2 rings (SSSR count). The fourth-order valence-corrected chi connectivity index (χ4v) is 3.03. The second-order valence-corrected chi connectivity index (χ2v) is 6.05. The fraction of sp³-hybridized carbons (Fsp3) is 0.923. The number of nitrogens with zero attached hydrogens (tertiary/aromatic N) is 1. The summed E-state index contributed by atoms with van der Waals surface area (Å²) in [6, 6.07) is 0. The predicted octanol–water partition coefficient (Wildman–Crippen LogP) is 1.12. The van der Waals surface area contributed by atoms with Gasteiger partial charge in [0, 0.05) is 19.6 Å². The topological polar surface area (TPSA) is 58.4 Å². The smallest absolute Gasteiger partial charge is 0.355 e. The average Bonchev–Trinajstić information content (AvgIpc) is 2.71. The maximum absolute atomic E-state index is 12.3. The summed E-state index contributed by atoms with van der Waals surface area (Å²) in [7, 11) is 0. The molecule has 0 aromatic rings. The van der Waals surface area contributed by atoms with Gasteiger partial charge in [-0.15, -0.1) is 0 Å². The van der Waals surface area contributed by atoms with Gasteiger partial charge in [-0.25, -0.2) is 0 Å². The monoisotopic (exact) mass is 293 g/mol. The third kappa shape index (κ3) is 3.63. The molecule has 1 amide bonds. The van der Waals surface area contributed by atoms with Crippen molar-refractivity contribution in [2.75, 3.05) is 32.7 Å². The molecule has 2 aliphatic rings. The van der Waals surface area contributed by atoms with E-state index in [1.807, 2.05) is 0 Å². The number of hydrogen-bond donors (Lipinski definition) is 2. The second kappa shape index (κ2) is 5.89. The van der Waals surface area contributed by atoms with Gasteiger partial charge in [0.1, 0.15) is 0 Å². The van der Waals surface area contributed by atoms with Gasteiger partial charge >= 0.3 is 6.18 Å². The molecule has 4 nitrogen and oxygen atoms in total. The van der Waals surface area contributed by atoms with Gasteiger partial charge in [-0.2, -0.15) is 13.2 Å². The number of carbonyl (C=O) groups excluding carboxylic acids is 1. The van der Waals surface area contributed by atoms with E-state index in [0.29, 0.717) is 32.6 Å². The minimum absolute atomic E-state index is 0.0273. The molecule has 0 bridgehead atoms. The Morgan fingerprint density at radius 3 is 2.60 bits per heavy atom. The van der Waals surface area contributed by atoms with Crippen molar-refractivity contribution < 1.29 is 18.0 Å². The lowest BCUT2D eigenvalue weighted by molar-refractivity contribution is -0.144. The Kier molecular flexibility index (Phi) is 4.59. The maximum Gasteiger partial charge on any atom is 0.401 e. The predicted molar refractivity (Wildman–Crippen MR) is 69.0 cm³/mol. The zero-order valence-electron chi connectivity index (χ0n) is 11.5. The summed E-state index contributed by atoms with van der Waals surface area (Å²) in [5.74, 6) is 0.0803. The average molecular weight is 293 g/mol. The number of nitrogens with one attached hydrogen (secondary N) is 1. The number of alkyl halides is 3. The summed E-state index contributed by atoms with van der Waals surface area (Å²) in [5.41, 5.74) is 5.24. The minimum atomic E-state index is -4.15. The molecule has 0 aromatic heterocycles. The van der Waals surface area contributed by atoms with Crippen LogP contribution in [0.15, 0.2) is 0 Å². The molecule has 1 atom stereocenters. The van der Waals surface area contributed by atoms with Crippen molar-refractivity contribution in [2.24, 2.45) is 17.1 Å². The van der Waals surface area contributed by atoms with E-state index in [2.05, 4.69) is 5.32 Å². The molecule has 116 valence electrons. The summed E-state index contributed by atoms with van der Waals surface area (Å²) in [5, 5.41) is 2.87. The fourth-order valence-electron chi connectivity index (χ4n) is 3.03. The van der Waals surface area contributed by atoms with Gasteiger partial charge in [-0.3, -0.25) is 9.69 Å². The Balaban J connectivity index is 1.72. The Morgan fingerprint density at radius 1 is 1.40 bits per heavy atom. The first-order valence-corrected chi connectivity index (χ1v) is 7.12. The third-order valence-corrected chi connectivity index (χ3v) is 4.51. The number of carbonyl (C=O) groups is 1. The number of rotatable bonds is 5. The van der Waals surface area contributed by atoms with E-state index < -0.39 is 18.1 Å². The number of nitrogens with two attached hydrogens (primary N) is 1. The summed E-state index contributed by atoms with van der Waals surface area (Å²) in [6.45, 7) is 0.792. The highest BCUT2D eigenvalue weighted by Crippen LogP contribution is 2.40. The minimum Gasteiger partial charge on any atom is -0.355 e.